The largest absolute Gasteiger partial charge is 0.354 e. The number of nitrogens with one attached hydrogen (secondary N) is 1. The second-order valence-electron chi connectivity index (χ2n) is 2.59. The maximum atomic E-state index is 11.3. The highest BCUT2D eigenvalue weighted by atomic mass is 32.1. The molecule has 1 N–H and O–H groups in total. The van der Waals surface area contributed by atoms with Crippen LogP contribution in [0.5, 0.6) is 0 Å². The Kier molecular flexibility index (Phi) is 2.60. The van der Waals surface area contributed by atoms with Crippen molar-refractivity contribution >= 4 is 28.6 Å². The minimum absolute atomic E-state index is 0.0784. The molecular formula is C9H8N2OS2. The predicted molar refractivity (Wildman–Crippen MR) is 58.8 cm³/mol. The Morgan fingerprint density at radius 1 is 1.57 bits per heavy atom. The first-order valence-corrected chi connectivity index (χ1v) is 5.72. The van der Waals surface area contributed by atoms with E-state index < -0.39 is 0 Å². The Morgan fingerprint density at radius 2 is 2.43 bits per heavy atom. The average molecular weight is 224 g/mol. The zero-order chi connectivity index (χ0) is 9.97. The van der Waals surface area contributed by atoms with Crippen molar-refractivity contribution in [2.24, 2.45) is 0 Å². The Labute approximate surface area is 89.4 Å². The van der Waals surface area contributed by atoms with Gasteiger partial charge in [-0.1, -0.05) is 6.07 Å². The Hall–Kier alpha value is -1.20. The lowest BCUT2D eigenvalue weighted by Crippen LogP contribution is -2.16. The smallest absolute Gasteiger partial charge is 0.262 e. The Balaban J connectivity index is 2.31. The summed E-state index contributed by atoms with van der Waals surface area (Å²) < 4.78 is 0. The van der Waals surface area contributed by atoms with E-state index in [1.807, 2.05) is 17.5 Å². The van der Waals surface area contributed by atoms with Gasteiger partial charge in [0.15, 0.2) is 0 Å². The second kappa shape index (κ2) is 3.89. The SMILES string of the molecule is CNC(=O)c1cnc(-c2cccs2)s1. The van der Waals surface area contributed by atoms with Crippen LogP contribution in [-0.4, -0.2) is 17.9 Å². The second-order valence-corrected chi connectivity index (χ2v) is 4.56. The number of aromatic nitrogens is 1. The number of hydrogen-bond acceptors (Lipinski definition) is 4. The van der Waals surface area contributed by atoms with Crippen LogP contribution in [0, 0.1) is 0 Å². The summed E-state index contributed by atoms with van der Waals surface area (Å²) in [5.74, 6) is -0.0784. The lowest BCUT2D eigenvalue weighted by Gasteiger charge is -1.90. The van der Waals surface area contributed by atoms with Gasteiger partial charge in [-0.05, 0) is 11.4 Å². The van der Waals surface area contributed by atoms with Gasteiger partial charge in [-0.2, -0.15) is 0 Å². The van der Waals surface area contributed by atoms with Crippen LogP contribution >= 0.6 is 22.7 Å². The van der Waals surface area contributed by atoms with Crippen molar-refractivity contribution in [3.05, 3.63) is 28.6 Å². The van der Waals surface area contributed by atoms with E-state index in [4.69, 9.17) is 0 Å². The van der Waals surface area contributed by atoms with E-state index in [-0.39, 0.29) is 5.91 Å². The van der Waals surface area contributed by atoms with Crippen molar-refractivity contribution in [2.45, 2.75) is 0 Å². The quantitative estimate of drug-likeness (QED) is 0.850. The number of rotatable bonds is 2. The summed E-state index contributed by atoms with van der Waals surface area (Å²) in [5.41, 5.74) is 0. The van der Waals surface area contributed by atoms with Gasteiger partial charge in [0.05, 0.1) is 11.1 Å². The number of carbonyl (C=O) groups excluding carboxylic acids is 1. The summed E-state index contributed by atoms with van der Waals surface area (Å²) >= 11 is 3.04. The molecule has 2 rings (SSSR count). The normalized spacial score (nSPS) is 10.1. The maximum absolute atomic E-state index is 11.3. The van der Waals surface area contributed by atoms with Crippen molar-refractivity contribution in [3.63, 3.8) is 0 Å². The third kappa shape index (κ3) is 1.69. The molecule has 0 bridgehead atoms. The van der Waals surface area contributed by atoms with Gasteiger partial charge in [-0.25, -0.2) is 4.98 Å². The van der Waals surface area contributed by atoms with E-state index in [9.17, 15) is 4.79 Å². The van der Waals surface area contributed by atoms with Crippen molar-refractivity contribution in [2.75, 3.05) is 7.05 Å². The molecule has 72 valence electrons. The zero-order valence-corrected chi connectivity index (χ0v) is 9.11. The number of carbonyl (C=O) groups is 1. The molecule has 0 saturated heterocycles. The standard InChI is InChI=1S/C9H8N2OS2/c1-10-8(12)7-5-11-9(14-7)6-3-2-4-13-6/h2-5H,1H3,(H,10,12). The number of nitrogens with zero attached hydrogens (tertiary/aromatic N) is 1. The summed E-state index contributed by atoms with van der Waals surface area (Å²) in [6, 6.07) is 3.97. The highest BCUT2D eigenvalue weighted by Gasteiger charge is 2.10. The van der Waals surface area contributed by atoms with Gasteiger partial charge >= 0.3 is 0 Å². The zero-order valence-electron chi connectivity index (χ0n) is 7.48. The molecular weight excluding hydrogens is 216 g/mol. The fourth-order valence-electron chi connectivity index (χ4n) is 1.02. The molecule has 0 fully saturated rings. The first-order valence-electron chi connectivity index (χ1n) is 4.03. The molecule has 0 radical (unpaired) electrons. The van der Waals surface area contributed by atoms with Crippen molar-refractivity contribution < 1.29 is 4.79 Å². The van der Waals surface area contributed by atoms with Crippen LogP contribution < -0.4 is 5.32 Å². The molecule has 0 aliphatic rings. The predicted octanol–water partition coefficient (Wildman–Crippen LogP) is 2.23. The molecule has 2 aromatic heterocycles. The van der Waals surface area contributed by atoms with E-state index in [2.05, 4.69) is 10.3 Å². The summed E-state index contributed by atoms with van der Waals surface area (Å²) in [6.07, 6.45) is 1.61. The van der Waals surface area contributed by atoms with Crippen molar-refractivity contribution in [1.82, 2.24) is 10.3 Å². The fourth-order valence-corrected chi connectivity index (χ4v) is 2.68. The molecule has 0 spiro atoms. The third-order valence-corrected chi connectivity index (χ3v) is 3.72. The molecule has 2 heterocycles. The van der Waals surface area contributed by atoms with Crippen molar-refractivity contribution in [3.8, 4) is 9.88 Å². The molecule has 0 unspecified atom stereocenters. The van der Waals surface area contributed by atoms with E-state index in [1.54, 1.807) is 24.6 Å². The van der Waals surface area contributed by atoms with Crippen molar-refractivity contribution in [1.29, 1.82) is 0 Å². The van der Waals surface area contributed by atoms with Gasteiger partial charge in [0.2, 0.25) is 0 Å². The lowest BCUT2D eigenvalue weighted by molar-refractivity contribution is 0.0967. The Bertz CT molecular complexity index is 433. The van der Waals surface area contributed by atoms with Crippen LogP contribution in [0.4, 0.5) is 0 Å². The topological polar surface area (TPSA) is 42.0 Å². The van der Waals surface area contributed by atoms with E-state index >= 15 is 0 Å². The maximum Gasteiger partial charge on any atom is 0.262 e. The first-order chi connectivity index (χ1) is 6.81. The Morgan fingerprint density at radius 3 is 3.07 bits per heavy atom. The summed E-state index contributed by atoms with van der Waals surface area (Å²) in [5, 5.41) is 5.47. The number of hydrogen-bond donors (Lipinski definition) is 1. The minimum atomic E-state index is -0.0784. The highest BCUT2D eigenvalue weighted by Crippen LogP contribution is 2.28. The summed E-state index contributed by atoms with van der Waals surface area (Å²) in [4.78, 5) is 17.2. The van der Waals surface area contributed by atoms with Gasteiger partial charge in [0.25, 0.3) is 5.91 Å². The molecule has 2 aromatic rings. The highest BCUT2D eigenvalue weighted by molar-refractivity contribution is 7.21. The third-order valence-electron chi connectivity index (χ3n) is 1.69. The van der Waals surface area contributed by atoms with Crippen LogP contribution in [0.3, 0.4) is 0 Å². The lowest BCUT2D eigenvalue weighted by atomic mass is 10.5. The molecule has 1 amide bonds. The number of thiophene rings is 1. The van der Waals surface area contributed by atoms with Gasteiger partial charge < -0.3 is 5.32 Å². The molecule has 0 aliphatic heterocycles. The molecule has 3 nitrogen and oxygen atoms in total. The summed E-state index contributed by atoms with van der Waals surface area (Å²) in [7, 11) is 1.62. The average Bonchev–Trinajstić information content (AvgIpc) is 2.86. The van der Waals surface area contributed by atoms with Crippen LogP contribution in [0.2, 0.25) is 0 Å². The fraction of sp³-hybridized carbons (Fsp3) is 0.111. The molecule has 0 aromatic carbocycles. The number of thiazole rings is 1. The van der Waals surface area contributed by atoms with Crippen LogP contribution in [0.25, 0.3) is 9.88 Å². The van der Waals surface area contributed by atoms with E-state index in [0.717, 1.165) is 9.88 Å². The van der Waals surface area contributed by atoms with Gasteiger partial charge in [-0.3, -0.25) is 4.79 Å². The van der Waals surface area contributed by atoms with E-state index in [1.165, 1.54) is 11.3 Å². The van der Waals surface area contributed by atoms with Gasteiger partial charge in [-0.15, -0.1) is 22.7 Å². The van der Waals surface area contributed by atoms with Crippen LogP contribution in [0.15, 0.2) is 23.7 Å². The molecule has 0 atom stereocenters. The van der Waals surface area contributed by atoms with E-state index in [0.29, 0.717) is 4.88 Å². The van der Waals surface area contributed by atoms with Gasteiger partial charge in [0.1, 0.15) is 9.88 Å². The molecule has 5 heteroatoms. The van der Waals surface area contributed by atoms with Crippen LogP contribution in [0.1, 0.15) is 9.67 Å². The van der Waals surface area contributed by atoms with Crippen LogP contribution in [-0.2, 0) is 0 Å². The molecule has 0 aliphatic carbocycles. The molecule has 0 saturated carbocycles. The monoisotopic (exact) mass is 224 g/mol. The molecule has 14 heavy (non-hydrogen) atoms. The minimum Gasteiger partial charge on any atom is -0.354 e. The first kappa shape index (κ1) is 9.36. The summed E-state index contributed by atoms with van der Waals surface area (Å²) in [6.45, 7) is 0. The van der Waals surface area contributed by atoms with Gasteiger partial charge in [0, 0.05) is 7.05 Å². The number of amides is 1.